The first-order valence-corrected chi connectivity index (χ1v) is 8.97. The van der Waals surface area contributed by atoms with Crippen LogP contribution in [0.5, 0.6) is 5.75 Å². The largest absolute Gasteiger partial charge is 0.489 e. The van der Waals surface area contributed by atoms with E-state index in [1.54, 1.807) is 0 Å². The Morgan fingerprint density at radius 3 is 2.54 bits per heavy atom. The number of nitrogens with two attached hydrogens (primary N) is 1. The molecule has 1 aliphatic rings. The van der Waals surface area contributed by atoms with E-state index in [4.69, 9.17) is 10.5 Å². The maximum atomic E-state index is 6.08. The fourth-order valence-corrected chi connectivity index (χ4v) is 3.53. The lowest BCUT2D eigenvalue weighted by Crippen LogP contribution is -2.40. The van der Waals surface area contributed by atoms with Crippen molar-refractivity contribution in [2.45, 2.75) is 32.4 Å². The van der Waals surface area contributed by atoms with E-state index in [-0.39, 0.29) is 0 Å². The van der Waals surface area contributed by atoms with Gasteiger partial charge in [-0.3, -0.25) is 4.90 Å². The van der Waals surface area contributed by atoms with E-state index in [1.165, 1.54) is 24.0 Å². The first-order chi connectivity index (χ1) is 11.8. The van der Waals surface area contributed by atoms with Crippen molar-refractivity contribution in [3.63, 3.8) is 0 Å². The van der Waals surface area contributed by atoms with Crippen molar-refractivity contribution in [1.82, 2.24) is 4.90 Å². The fourth-order valence-electron chi connectivity index (χ4n) is 3.53. The van der Waals surface area contributed by atoms with Crippen molar-refractivity contribution in [3.8, 4) is 5.75 Å². The standard InChI is InChI=1S/C21H28N2O/c1-17-6-5-13-23(15-17)21(14-22)19-9-11-20(12-10-19)24-16-18-7-3-2-4-8-18/h2-4,7-12,17,21H,5-6,13-16,22H2,1H3. The molecule has 2 unspecified atom stereocenters. The SMILES string of the molecule is CC1CCCN(C(CN)c2ccc(OCc3ccccc3)cc2)C1. The van der Waals surface area contributed by atoms with Crippen LogP contribution in [0.3, 0.4) is 0 Å². The number of nitrogens with zero attached hydrogens (tertiary/aromatic N) is 1. The molecule has 3 heteroatoms. The first kappa shape index (κ1) is 17.0. The van der Waals surface area contributed by atoms with Gasteiger partial charge in [0.2, 0.25) is 0 Å². The van der Waals surface area contributed by atoms with Gasteiger partial charge in [0.1, 0.15) is 12.4 Å². The lowest BCUT2D eigenvalue weighted by atomic mass is 9.96. The van der Waals surface area contributed by atoms with E-state index >= 15 is 0 Å². The molecular weight excluding hydrogens is 296 g/mol. The third kappa shape index (κ3) is 4.37. The van der Waals surface area contributed by atoms with Crippen LogP contribution in [0.15, 0.2) is 54.6 Å². The zero-order valence-electron chi connectivity index (χ0n) is 14.5. The normalized spacial score (nSPS) is 19.8. The quantitative estimate of drug-likeness (QED) is 0.873. The fraction of sp³-hybridized carbons (Fsp3) is 0.429. The molecule has 0 spiro atoms. The van der Waals surface area contributed by atoms with Crippen molar-refractivity contribution in [1.29, 1.82) is 0 Å². The Morgan fingerprint density at radius 1 is 1.12 bits per heavy atom. The van der Waals surface area contributed by atoms with Crippen molar-refractivity contribution in [2.24, 2.45) is 11.7 Å². The maximum Gasteiger partial charge on any atom is 0.119 e. The maximum absolute atomic E-state index is 6.08. The predicted molar refractivity (Wildman–Crippen MR) is 99.0 cm³/mol. The van der Waals surface area contributed by atoms with Crippen LogP contribution >= 0.6 is 0 Å². The Morgan fingerprint density at radius 2 is 1.88 bits per heavy atom. The number of hydrogen-bond donors (Lipinski definition) is 1. The van der Waals surface area contributed by atoms with Gasteiger partial charge in [-0.2, -0.15) is 0 Å². The van der Waals surface area contributed by atoms with Gasteiger partial charge in [0.15, 0.2) is 0 Å². The third-order valence-corrected chi connectivity index (χ3v) is 4.87. The van der Waals surface area contributed by atoms with E-state index in [1.807, 2.05) is 18.2 Å². The molecule has 1 saturated heterocycles. The van der Waals surface area contributed by atoms with Crippen LogP contribution in [0, 0.1) is 5.92 Å². The van der Waals surface area contributed by atoms with Crippen molar-refractivity contribution >= 4 is 0 Å². The lowest BCUT2D eigenvalue weighted by molar-refractivity contribution is 0.133. The average Bonchev–Trinajstić information content (AvgIpc) is 2.63. The van der Waals surface area contributed by atoms with Crippen LogP contribution in [0.2, 0.25) is 0 Å². The number of benzene rings is 2. The summed E-state index contributed by atoms with van der Waals surface area (Å²) < 4.78 is 5.88. The topological polar surface area (TPSA) is 38.5 Å². The minimum Gasteiger partial charge on any atom is -0.489 e. The zero-order chi connectivity index (χ0) is 16.8. The molecule has 2 aromatic rings. The van der Waals surface area contributed by atoms with Crippen molar-refractivity contribution in [2.75, 3.05) is 19.6 Å². The summed E-state index contributed by atoms with van der Waals surface area (Å²) in [5.74, 6) is 1.67. The molecule has 2 atom stereocenters. The van der Waals surface area contributed by atoms with Gasteiger partial charge in [0.05, 0.1) is 0 Å². The second kappa shape index (κ2) is 8.32. The summed E-state index contributed by atoms with van der Waals surface area (Å²) in [5.41, 5.74) is 8.56. The first-order valence-electron chi connectivity index (χ1n) is 8.97. The highest BCUT2D eigenvalue weighted by atomic mass is 16.5. The van der Waals surface area contributed by atoms with Crippen LogP contribution in [-0.4, -0.2) is 24.5 Å². The highest BCUT2D eigenvalue weighted by Gasteiger charge is 2.24. The van der Waals surface area contributed by atoms with E-state index in [0.29, 0.717) is 19.2 Å². The molecule has 0 aliphatic carbocycles. The van der Waals surface area contributed by atoms with Crippen LogP contribution in [0.1, 0.15) is 36.9 Å². The summed E-state index contributed by atoms with van der Waals surface area (Å²) in [5, 5.41) is 0. The monoisotopic (exact) mass is 324 g/mol. The summed E-state index contributed by atoms with van der Waals surface area (Å²) in [6.45, 7) is 5.90. The van der Waals surface area contributed by atoms with Gasteiger partial charge in [-0.15, -0.1) is 0 Å². The van der Waals surface area contributed by atoms with Gasteiger partial charge >= 0.3 is 0 Å². The number of rotatable bonds is 6. The summed E-state index contributed by atoms with van der Waals surface area (Å²) in [4.78, 5) is 2.54. The van der Waals surface area contributed by atoms with Gasteiger partial charge in [-0.25, -0.2) is 0 Å². The van der Waals surface area contributed by atoms with Gasteiger partial charge < -0.3 is 10.5 Å². The molecule has 1 fully saturated rings. The molecule has 24 heavy (non-hydrogen) atoms. The Kier molecular flexibility index (Phi) is 5.89. The number of likely N-dealkylation sites (tertiary alicyclic amines) is 1. The minimum absolute atomic E-state index is 0.316. The second-order valence-electron chi connectivity index (χ2n) is 6.84. The molecule has 1 heterocycles. The lowest BCUT2D eigenvalue weighted by Gasteiger charge is -2.37. The Balaban J connectivity index is 1.62. The summed E-state index contributed by atoms with van der Waals surface area (Å²) in [6, 6.07) is 19.0. The zero-order valence-corrected chi connectivity index (χ0v) is 14.5. The molecule has 3 nitrogen and oxygen atoms in total. The van der Waals surface area contributed by atoms with Crippen LogP contribution in [0.4, 0.5) is 0 Å². The average molecular weight is 324 g/mol. The second-order valence-corrected chi connectivity index (χ2v) is 6.84. The molecule has 0 aromatic heterocycles. The molecule has 2 aromatic carbocycles. The number of piperidine rings is 1. The molecule has 2 N–H and O–H groups in total. The Bertz CT molecular complexity index is 611. The van der Waals surface area contributed by atoms with E-state index < -0.39 is 0 Å². The van der Waals surface area contributed by atoms with Gasteiger partial charge in [0.25, 0.3) is 0 Å². The predicted octanol–water partition coefficient (Wildman–Crippen LogP) is 4.00. The molecule has 3 rings (SSSR count). The van der Waals surface area contributed by atoms with Crippen LogP contribution in [0.25, 0.3) is 0 Å². The summed E-state index contributed by atoms with van der Waals surface area (Å²) in [7, 11) is 0. The molecule has 1 aliphatic heterocycles. The van der Waals surface area contributed by atoms with Crippen molar-refractivity contribution < 1.29 is 4.74 Å². The molecule has 0 bridgehead atoms. The van der Waals surface area contributed by atoms with Crippen molar-refractivity contribution in [3.05, 3.63) is 65.7 Å². The molecule has 128 valence electrons. The third-order valence-electron chi connectivity index (χ3n) is 4.87. The van der Waals surface area contributed by atoms with E-state index in [2.05, 4.69) is 48.2 Å². The van der Waals surface area contributed by atoms with Crippen LogP contribution < -0.4 is 10.5 Å². The van der Waals surface area contributed by atoms with Gasteiger partial charge in [0, 0.05) is 19.1 Å². The Hall–Kier alpha value is -1.84. The highest BCUT2D eigenvalue weighted by molar-refractivity contribution is 5.30. The smallest absolute Gasteiger partial charge is 0.119 e. The van der Waals surface area contributed by atoms with Crippen LogP contribution in [-0.2, 0) is 6.61 Å². The van der Waals surface area contributed by atoms with Gasteiger partial charge in [-0.05, 0) is 48.6 Å². The number of ether oxygens (including phenoxy) is 1. The summed E-state index contributed by atoms with van der Waals surface area (Å²) >= 11 is 0. The highest BCUT2D eigenvalue weighted by Crippen LogP contribution is 2.27. The van der Waals surface area contributed by atoms with E-state index in [0.717, 1.165) is 24.8 Å². The van der Waals surface area contributed by atoms with Gasteiger partial charge in [-0.1, -0.05) is 49.4 Å². The minimum atomic E-state index is 0.316. The van der Waals surface area contributed by atoms with E-state index in [9.17, 15) is 0 Å². The molecule has 0 amide bonds. The molecule has 0 saturated carbocycles. The summed E-state index contributed by atoms with van der Waals surface area (Å²) in [6.07, 6.45) is 2.61. The Labute approximate surface area is 145 Å². The number of hydrogen-bond acceptors (Lipinski definition) is 3. The molecular formula is C21H28N2O. The molecule has 0 radical (unpaired) electrons.